The van der Waals surface area contributed by atoms with E-state index in [1.165, 1.54) is 14.0 Å². The molecule has 1 atom stereocenters. The summed E-state index contributed by atoms with van der Waals surface area (Å²) in [6, 6.07) is -0.598. The van der Waals surface area contributed by atoms with Gasteiger partial charge in [-0.15, -0.1) is 0 Å². The third-order valence-corrected chi connectivity index (χ3v) is 1.05. The number of carbonyl (C=O) groups is 2. The topological polar surface area (TPSA) is 81.4 Å². The number of amides is 1. The SMILES string of the molecule is COC(=O)CNC(=O)[C@H](C)N. The number of esters is 1. The van der Waals surface area contributed by atoms with E-state index in [0.717, 1.165) is 0 Å². The van der Waals surface area contributed by atoms with Crippen molar-refractivity contribution in [2.75, 3.05) is 13.7 Å². The van der Waals surface area contributed by atoms with Crippen LogP contribution in [0.3, 0.4) is 0 Å². The lowest BCUT2D eigenvalue weighted by Gasteiger charge is -2.05. The monoisotopic (exact) mass is 160 g/mol. The summed E-state index contributed by atoms with van der Waals surface area (Å²) >= 11 is 0. The lowest BCUT2D eigenvalue weighted by Crippen LogP contribution is -2.40. The average Bonchev–Trinajstić information content (AvgIpc) is 1.99. The Hall–Kier alpha value is -1.10. The zero-order valence-electron chi connectivity index (χ0n) is 6.59. The predicted molar refractivity (Wildman–Crippen MR) is 38.7 cm³/mol. The van der Waals surface area contributed by atoms with Crippen molar-refractivity contribution >= 4 is 11.9 Å². The second-order valence-electron chi connectivity index (χ2n) is 2.08. The van der Waals surface area contributed by atoms with Gasteiger partial charge in [0.2, 0.25) is 5.91 Å². The van der Waals surface area contributed by atoms with Crippen LogP contribution in [0.15, 0.2) is 0 Å². The number of hydrogen-bond donors (Lipinski definition) is 2. The van der Waals surface area contributed by atoms with Gasteiger partial charge in [0.15, 0.2) is 0 Å². The van der Waals surface area contributed by atoms with Gasteiger partial charge in [-0.1, -0.05) is 0 Å². The number of nitrogens with two attached hydrogens (primary N) is 1. The second kappa shape index (κ2) is 4.68. The van der Waals surface area contributed by atoms with Crippen LogP contribution >= 0.6 is 0 Å². The van der Waals surface area contributed by atoms with E-state index in [1.807, 2.05) is 0 Å². The van der Waals surface area contributed by atoms with E-state index in [4.69, 9.17) is 5.73 Å². The first kappa shape index (κ1) is 9.90. The molecule has 0 spiro atoms. The minimum Gasteiger partial charge on any atom is -0.468 e. The Kier molecular flexibility index (Phi) is 4.21. The van der Waals surface area contributed by atoms with Crippen LogP contribution in [0.4, 0.5) is 0 Å². The van der Waals surface area contributed by atoms with Crippen LogP contribution in [0.2, 0.25) is 0 Å². The van der Waals surface area contributed by atoms with Gasteiger partial charge < -0.3 is 15.8 Å². The first-order valence-electron chi connectivity index (χ1n) is 3.18. The van der Waals surface area contributed by atoms with Gasteiger partial charge in [-0.3, -0.25) is 9.59 Å². The molecular weight excluding hydrogens is 148 g/mol. The fourth-order valence-electron chi connectivity index (χ4n) is 0.392. The molecule has 0 saturated carbocycles. The highest BCUT2D eigenvalue weighted by Crippen LogP contribution is 1.75. The Morgan fingerprint density at radius 2 is 2.18 bits per heavy atom. The van der Waals surface area contributed by atoms with Crippen LogP contribution in [0.5, 0.6) is 0 Å². The summed E-state index contributed by atoms with van der Waals surface area (Å²) in [4.78, 5) is 21.2. The van der Waals surface area contributed by atoms with Gasteiger partial charge in [0.1, 0.15) is 6.54 Å². The van der Waals surface area contributed by atoms with Gasteiger partial charge in [0.25, 0.3) is 0 Å². The molecule has 0 aliphatic carbocycles. The molecule has 64 valence electrons. The highest BCUT2D eigenvalue weighted by molar-refractivity contribution is 5.85. The van der Waals surface area contributed by atoms with Crippen molar-refractivity contribution in [1.29, 1.82) is 0 Å². The Morgan fingerprint density at radius 3 is 2.55 bits per heavy atom. The Labute approximate surface area is 64.9 Å². The molecule has 0 heterocycles. The van der Waals surface area contributed by atoms with Crippen molar-refractivity contribution in [3.8, 4) is 0 Å². The van der Waals surface area contributed by atoms with Crippen molar-refractivity contribution in [2.24, 2.45) is 5.73 Å². The summed E-state index contributed by atoms with van der Waals surface area (Å²) in [5.41, 5.74) is 5.20. The average molecular weight is 160 g/mol. The van der Waals surface area contributed by atoms with Gasteiger partial charge >= 0.3 is 5.97 Å². The zero-order chi connectivity index (χ0) is 8.85. The van der Waals surface area contributed by atoms with E-state index in [9.17, 15) is 9.59 Å². The van der Waals surface area contributed by atoms with Crippen LogP contribution < -0.4 is 11.1 Å². The summed E-state index contributed by atoms with van der Waals surface area (Å²) in [6.07, 6.45) is 0. The Balaban J connectivity index is 3.54. The van der Waals surface area contributed by atoms with Crippen LogP contribution in [-0.2, 0) is 14.3 Å². The van der Waals surface area contributed by atoms with Crippen LogP contribution in [-0.4, -0.2) is 31.6 Å². The maximum Gasteiger partial charge on any atom is 0.325 e. The Bertz CT molecular complexity index is 156. The van der Waals surface area contributed by atoms with Gasteiger partial charge in [-0.2, -0.15) is 0 Å². The number of carbonyl (C=O) groups excluding carboxylic acids is 2. The maximum absolute atomic E-state index is 10.7. The number of ether oxygens (including phenoxy) is 1. The Morgan fingerprint density at radius 1 is 1.64 bits per heavy atom. The van der Waals surface area contributed by atoms with E-state index in [2.05, 4.69) is 10.1 Å². The molecule has 0 aromatic carbocycles. The van der Waals surface area contributed by atoms with E-state index < -0.39 is 12.0 Å². The van der Waals surface area contributed by atoms with E-state index in [-0.39, 0.29) is 12.5 Å². The zero-order valence-corrected chi connectivity index (χ0v) is 6.59. The molecule has 0 unspecified atom stereocenters. The molecule has 0 aliphatic heterocycles. The smallest absolute Gasteiger partial charge is 0.325 e. The normalized spacial score (nSPS) is 11.9. The van der Waals surface area contributed by atoms with Crippen molar-refractivity contribution in [3.63, 3.8) is 0 Å². The van der Waals surface area contributed by atoms with Crippen LogP contribution in [0.1, 0.15) is 6.92 Å². The third-order valence-electron chi connectivity index (χ3n) is 1.05. The highest BCUT2D eigenvalue weighted by Gasteiger charge is 2.08. The molecule has 0 aromatic heterocycles. The molecule has 11 heavy (non-hydrogen) atoms. The molecule has 0 aliphatic rings. The lowest BCUT2D eigenvalue weighted by molar-refractivity contribution is -0.141. The first-order valence-corrected chi connectivity index (χ1v) is 3.18. The molecule has 5 heteroatoms. The molecular formula is C6H12N2O3. The minimum absolute atomic E-state index is 0.128. The third kappa shape index (κ3) is 4.32. The van der Waals surface area contributed by atoms with Gasteiger partial charge in [-0.25, -0.2) is 0 Å². The standard InChI is InChI=1S/C6H12N2O3/c1-4(7)6(10)8-3-5(9)11-2/h4H,3,7H2,1-2H3,(H,8,10)/t4-/m0/s1. The molecule has 3 N–H and O–H groups in total. The molecule has 5 nitrogen and oxygen atoms in total. The molecule has 0 saturated heterocycles. The highest BCUT2D eigenvalue weighted by atomic mass is 16.5. The van der Waals surface area contributed by atoms with E-state index in [1.54, 1.807) is 0 Å². The van der Waals surface area contributed by atoms with Crippen molar-refractivity contribution in [1.82, 2.24) is 5.32 Å². The van der Waals surface area contributed by atoms with Gasteiger partial charge in [0.05, 0.1) is 13.2 Å². The molecule has 0 bridgehead atoms. The number of hydrogen-bond acceptors (Lipinski definition) is 4. The van der Waals surface area contributed by atoms with Crippen LogP contribution in [0, 0.1) is 0 Å². The van der Waals surface area contributed by atoms with Crippen LogP contribution in [0.25, 0.3) is 0 Å². The number of methoxy groups -OCH3 is 1. The van der Waals surface area contributed by atoms with Crippen molar-refractivity contribution in [2.45, 2.75) is 13.0 Å². The summed E-state index contributed by atoms with van der Waals surface area (Å²) in [6.45, 7) is 1.41. The van der Waals surface area contributed by atoms with E-state index >= 15 is 0 Å². The molecule has 0 fully saturated rings. The maximum atomic E-state index is 10.7. The largest absolute Gasteiger partial charge is 0.468 e. The fraction of sp³-hybridized carbons (Fsp3) is 0.667. The lowest BCUT2D eigenvalue weighted by atomic mass is 10.3. The first-order chi connectivity index (χ1) is 5.07. The molecule has 0 aromatic rings. The van der Waals surface area contributed by atoms with E-state index in [0.29, 0.717) is 0 Å². The molecule has 0 radical (unpaired) electrons. The quantitative estimate of drug-likeness (QED) is 0.499. The van der Waals surface area contributed by atoms with Gasteiger partial charge in [0, 0.05) is 0 Å². The second-order valence-corrected chi connectivity index (χ2v) is 2.08. The predicted octanol–water partition coefficient (Wildman–Crippen LogP) is -1.38. The fourth-order valence-corrected chi connectivity index (χ4v) is 0.392. The minimum atomic E-state index is -0.598. The summed E-state index contributed by atoms with van der Waals surface area (Å²) in [7, 11) is 1.25. The summed E-state index contributed by atoms with van der Waals surface area (Å²) in [5.74, 6) is -0.852. The number of nitrogens with one attached hydrogen (secondary N) is 1. The summed E-state index contributed by atoms with van der Waals surface area (Å²) in [5, 5.41) is 2.29. The molecule has 0 rings (SSSR count). The van der Waals surface area contributed by atoms with Crippen molar-refractivity contribution in [3.05, 3.63) is 0 Å². The van der Waals surface area contributed by atoms with Gasteiger partial charge in [-0.05, 0) is 6.92 Å². The summed E-state index contributed by atoms with van der Waals surface area (Å²) < 4.78 is 4.29. The van der Waals surface area contributed by atoms with Crippen molar-refractivity contribution < 1.29 is 14.3 Å². The number of rotatable bonds is 3. The molecule has 1 amide bonds.